The smallest absolute Gasteiger partial charge is 0.252 e. The number of H-pyrrole nitrogens is 1. The van der Waals surface area contributed by atoms with Crippen LogP contribution in [0.1, 0.15) is 12.1 Å². The Hall–Kier alpha value is -1.55. The van der Waals surface area contributed by atoms with Crippen LogP contribution in [0.3, 0.4) is 0 Å². The van der Waals surface area contributed by atoms with E-state index in [0.717, 1.165) is 9.48 Å². The van der Waals surface area contributed by atoms with Gasteiger partial charge in [0.2, 0.25) is 0 Å². The number of nitrogens with zero attached hydrogens (tertiary/aromatic N) is 2. The molecule has 0 unspecified atom stereocenters. The molecule has 3 aromatic rings. The maximum Gasteiger partial charge on any atom is 0.252 e. The standard InChI is InChI=1S/C17H17BrFN3O2S2/c1-22(26(23,24)17-8-7-16(18)25-17)9-3-6-14-11-15(21-20-14)12-4-2-5-13(19)10-12/h2,4-5,7-8,10-11H,3,6,9H2,1H3,(H,20,21). The highest BCUT2D eigenvalue weighted by molar-refractivity contribution is 9.11. The van der Waals surface area contributed by atoms with Crippen molar-refractivity contribution in [3.8, 4) is 11.3 Å². The molecule has 0 fully saturated rings. The Bertz CT molecular complexity index is 1000. The summed E-state index contributed by atoms with van der Waals surface area (Å²) in [6.07, 6.45) is 1.30. The lowest BCUT2D eigenvalue weighted by Gasteiger charge is -2.15. The summed E-state index contributed by atoms with van der Waals surface area (Å²) in [4.78, 5) is 0. The normalized spacial score (nSPS) is 12.0. The lowest BCUT2D eigenvalue weighted by atomic mass is 10.1. The zero-order chi connectivity index (χ0) is 18.7. The molecule has 0 aliphatic rings. The minimum atomic E-state index is -3.46. The summed E-state index contributed by atoms with van der Waals surface area (Å²) in [5.41, 5.74) is 2.26. The Morgan fingerprint density at radius 1 is 1.27 bits per heavy atom. The predicted octanol–water partition coefficient (Wildman–Crippen LogP) is 4.29. The van der Waals surface area contributed by atoms with Gasteiger partial charge in [-0.05, 0) is 59.1 Å². The van der Waals surface area contributed by atoms with Crippen LogP contribution in [-0.2, 0) is 16.4 Å². The first-order chi connectivity index (χ1) is 12.4. The van der Waals surface area contributed by atoms with E-state index in [0.29, 0.717) is 34.9 Å². The number of sulfonamides is 1. The number of rotatable bonds is 7. The average molecular weight is 458 g/mol. The molecule has 138 valence electrons. The molecule has 1 N–H and O–H groups in total. The summed E-state index contributed by atoms with van der Waals surface area (Å²) >= 11 is 4.48. The first-order valence-electron chi connectivity index (χ1n) is 7.88. The van der Waals surface area contributed by atoms with E-state index in [9.17, 15) is 12.8 Å². The number of hydrogen-bond donors (Lipinski definition) is 1. The molecule has 26 heavy (non-hydrogen) atoms. The third-order valence-corrected chi connectivity index (χ3v) is 7.83. The van der Waals surface area contributed by atoms with Crippen LogP contribution in [-0.4, -0.2) is 36.5 Å². The van der Waals surface area contributed by atoms with E-state index in [1.165, 1.54) is 27.8 Å². The maximum absolute atomic E-state index is 13.3. The molecule has 5 nitrogen and oxygen atoms in total. The zero-order valence-electron chi connectivity index (χ0n) is 13.9. The number of hydrogen-bond acceptors (Lipinski definition) is 4. The maximum atomic E-state index is 13.3. The average Bonchev–Trinajstić information content (AvgIpc) is 3.24. The van der Waals surface area contributed by atoms with Crippen LogP contribution in [0.2, 0.25) is 0 Å². The molecule has 2 heterocycles. The molecule has 0 spiro atoms. The molecule has 0 bridgehead atoms. The third kappa shape index (κ3) is 4.40. The SMILES string of the molecule is CN(CCCc1cc(-c2cccc(F)c2)n[nH]1)S(=O)(=O)c1ccc(Br)s1. The lowest BCUT2D eigenvalue weighted by Crippen LogP contribution is -2.27. The molecule has 9 heteroatoms. The molecule has 1 aromatic carbocycles. The van der Waals surface area contributed by atoms with Gasteiger partial charge in [-0.1, -0.05) is 12.1 Å². The third-order valence-electron chi connectivity index (χ3n) is 3.88. The second kappa shape index (κ2) is 7.99. The second-order valence-corrected chi connectivity index (χ2v) is 10.5. The van der Waals surface area contributed by atoms with E-state index in [4.69, 9.17) is 0 Å². The van der Waals surface area contributed by atoms with E-state index in [-0.39, 0.29) is 5.82 Å². The van der Waals surface area contributed by atoms with Gasteiger partial charge in [-0.3, -0.25) is 5.10 Å². The van der Waals surface area contributed by atoms with Crippen LogP contribution in [0.5, 0.6) is 0 Å². The summed E-state index contributed by atoms with van der Waals surface area (Å²) in [6.45, 7) is 0.395. The van der Waals surface area contributed by atoms with E-state index in [1.54, 1.807) is 31.3 Å². The zero-order valence-corrected chi connectivity index (χ0v) is 17.2. The first kappa shape index (κ1) is 19.2. The number of thiophene rings is 1. The molecular weight excluding hydrogens is 441 g/mol. The summed E-state index contributed by atoms with van der Waals surface area (Å²) < 4.78 is 40.7. The van der Waals surface area contributed by atoms with Gasteiger partial charge in [-0.15, -0.1) is 11.3 Å². The number of aryl methyl sites for hydroxylation is 1. The Morgan fingerprint density at radius 3 is 2.77 bits per heavy atom. The van der Waals surface area contributed by atoms with Crippen LogP contribution in [0.15, 0.2) is 50.5 Å². The van der Waals surface area contributed by atoms with Crippen molar-refractivity contribution in [3.05, 3.63) is 57.8 Å². The second-order valence-electron chi connectivity index (χ2n) is 5.78. The van der Waals surface area contributed by atoms with Gasteiger partial charge in [0, 0.05) is 24.8 Å². The Kier molecular flexibility index (Phi) is 5.91. The molecule has 0 saturated carbocycles. The number of benzene rings is 1. The molecule has 2 aromatic heterocycles. The predicted molar refractivity (Wildman–Crippen MR) is 104 cm³/mol. The minimum absolute atomic E-state index is 0.306. The van der Waals surface area contributed by atoms with Crippen molar-refractivity contribution in [2.45, 2.75) is 17.1 Å². The van der Waals surface area contributed by atoms with Gasteiger partial charge in [-0.2, -0.15) is 5.10 Å². The topological polar surface area (TPSA) is 66.1 Å². The van der Waals surface area contributed by atoms with Gasteiger partial charge in [-0.25, -0.2) is 17.1 Å². The van der Waals surface area contributed by atoms with Crippen molar-refractivity contribution in [1.82, 2.24) is 14.5 Å². The molecule has 0 aliphatic heterocycles. The Balaban J connectivity index is 1.58. The molecule has 0 atom stereocenters. The summed E-state index contributed by atoms with van der Waals surface area (Å²) in [7, 11) is -1.88. The highest BCUT2D eigenvalue weighted by Crippen LogP contribution is 2.28. The Morgan fingerprint density at radius 2 is 2.08 bits per heavy atom. The molecule has 0 saturated heterocycles. The van der Waals surface area contributed by atoms with Gasteiger partial charge in [0.05, 0.1) is 9.48 Å². The molecule has 0 radical (unpaired) electrons. The quantitative estimate of drug-likeness (QED) is 0.575. The number of nitrogens with one attached hydrogen (secondary N) is 1. The number of aromatic nitrogens is 2. The van der Waals surface area contributed by atoms with Crippen LogP contribution in [0.25, 0.3) is 11.3 Å². The fraction of sp³-hybridized carbons (Fsp3) is 0.235. The highest BCUT2D eigenvalue weighted by atomic mass is 79.9. The molecule has 0 amide bonds. The number of halogens is 2. The summed E-state index contributed by atoms with van der Waals surface area (Å²) in [5.74, 6) is -0.306. The van der Waals surface area contributed by atoms with Crippen molar-refractivity contribution >= 4 is 37.3 Å². The monoisotopic (exact) mass is 457 g/mol. The highest BCUT2D eigenvalue weighted by Gasteiger charge is 2.22. The van der Waals surface area contributed by atoms with E-state index < -0.39 is 10.0 Å². The molecular formula is C17H17BrFN3O2S2. The van der Waals surface area contributed by atoms with E-state index in [1.807, 2.05) is 6.07 Å². The lowest BCUT2D eigenvalue weighted by molar-refractivity contribution is 0.462. The summed E-state index contributed by atoms with van der Waals surface area (Å²) in [6, 6.07) is 11.4. The Labute approximate surface area is 164 Å². The first-order valence-corrected chi connectivity index (χ1v) is 10.9. The largest absolute Gasteiger partial charge is 0.282 e. The summed E-state index contributed by atoms with van der Waals surface area (Å²) in [5, 5.41) is 7.12. The van der Waals surface area contributed by atoms with Crippen LogP contribution in [0.4, 0.5) is 4.39 Å². The molecule has 0 aliphatic carbocycles. The van der Waals surface area contributed by atoms with Crippen molar-refractivity contribution in [2.24, 2.45) is 0 Å². The van der Waals surface area contributed by atoms with Crippen molar-refractivity contribution < 1.29 is 12.8 Å². The van der Waals surface area contributed by atoms with Gasteiger partial charge in [0.1, 0.15) is 10.0 Å². The van der Waals surface area contributed by atoms with Crippen LogP contribution < -0.4 is 0 Å². The van der Waals surface area contributed by atoms with Crippen molar-refractivity contribution in [2.75, 3.05) is 13.6 Å². The van der Waals surface area contributed by atoms with Crippen molar-refractivity contribution in [3.63, 3.8) is 0 Å². The van der Waals surface area contributed by atoms with E-state index in [2.05, 4.69) is 26.1 Å². The van der Waals surface area contributed by atoms with Gasteiger partial charge < -0.3 is 0 Å². The fourth-order valence-corrected chi connectivity index (χ4v) is 5.92. The van der Waals surface area contributed by atoms with E-state index >= 15 is 0 Å². The van der Waals surface area contributed by atoms with Crippen molar-refractivity contribution in [1.29, 1.82) is 0 Å². The van der Waals surface area contributed by atoms with Gasteiger partial charge in [0.25, 0.3) is 10.0 Å². The minimum Gasteiger partial charge on any atom is -0.282 e. The molecule has 3 rings (SSSR count). The fourth-order valence-electron chi connectivity index (χ4n) is 2.49. The van der Waals surface area contributed by atoms with Gasteiger partial charge in [0.15, 0.2) is 0 Å². The van der Waals surface area contributed by atoms with Crippen LogP contribution >= 0.6 is 27.3 Å². The number of aromatic amines is 1. The van der Waals surface area contributed by atoms with Crippen LogP contribution in [0, 0.1) is 5.82 Å². The van der Waals surface area contributed by atoms with Gasteiger partial charge >= 0.3 is 0 Å².